The van der Waals surface area contributed by atoms with Gasteiger partial charge in [0.05, 0.1) is 18.2 Å². The zero-order valence-electron chi connectivity index (χ0n) is 15.9. The van der Waals surface area contributed by atoms with E-state index < -0.39 is 0 Å². The summed E-state index contributed by atoms with van der Waals surface area (Å²) in [5.74, 6) is -0.146. The molecular formula is C22H23N3O3. The third-order valence-electron chi connectivity index (χ3n) is 5.08. The summed E-state index contributed by atoms with van der Waals surface area (Å²) in [5.41, 5.74) is 2.79. The number of benzene rings is 1. The van der Waals surface area contributed by atoms with E-state index in [4.69, 9.17) is 4.74 Å². The van der Waals surface area contributed by atoms with E-state index in [0.717, 1.165) is 35.9 Å². The van der Waals surface area contributed by atoms with Gasteiger partial charge >= 0.3 is 0 Å². The van der Waals surface area contributed by atoms with E-state index in [1.54, 1.807) is 29.4 Å². The van der Waals surface area contributed by atoms with Gasteiger partial charge in [-0.25, -0.2) is 0 Å². The van der Waals surface area contributed by atoms with Crippen LogP contribution >= 0.6 is 0 Å². The lowest BCUT2D eigenvalue weighted by Gasteiger charge is -2.25. The van der Waals surface area contributed by atoms with Crippen LogP contribution < -0.4 is 5.56 Å². The monoisotopic (exact) mass is 377 g/mol. The van der Waals surface area contributed by atoms with Gasteiger partial charge < -0.3 is 14.6 Å². The third kappa shape index (κ3) is 3.97. The first-order valence-electron chi connectivity index (χ1n) is 9.53. The molecule has 6 heteroatoms. The van der Waals surface area contributed by atoms with E-state index in [1.165, 1.54) is 0 Å². The van der Waals surface area contributed by atoms with Crippen LogP contribution in [0.1, 0.15) is 34.3 Å². The molecular weight excluding hydrogens is 354 g/mol. The zero-order valence-corrected chi connectivity index (χ0v) is 15.9. The lowest BCUT2D eigenvalue weighted by Crippen LogP contribution is -2.38. The molecule has 144 valence electrons. The van der Waals surface area contributed by atoms with Crippen LogP contribution in [0.3, 0.4) is 0 Å². The van der Waals surface area contributed by atoms with Crippen molar-refractivity contribution in [3.05, 3.63) is 75.8 Å². The number of hydrogen-bond donors (Lipinski definition) is 1. The van der Waals surface area contributed by atoms with E-state index >= 15 is 0 Å². The predicted octanol–water partition coefficient (Wildman–Crippen LogP) is 3.05. The average molecular weight is 377 g/mol. The Bertz CT molecular complexity index is 1040. The minimum atomic E-state index is -0.172. The Labute approximate surface area is 163 Å². The SMILES string of the molecule is Cc1ccc2cc(CN(C[C@H]3CCCO3)C(=O)c3cccnc3)c(=O)[nH]c2c1. The molecule has 1 aliphatic rings. The number of carbonyl (C=O) groups excluding carboxylic acids is 1. The first kappa shape index (κ1) is 18.4. The van der Waals surface area contributed by atoms with Crippen molar-refractivity contribution in [3.63, 3.8) is 0 Å². The first-order chi connectivity index (χ1) is 13.6. The summed E-state index contributed by atoms with van der Waals surface area (Å²) >= 11 is 0. The second-order valence-electron chi connectivity index (χ2n) is 7.28. The highest BCUT2D eigenvalue weighted by Crippen LogP contribution is 2.18. The Morgan fingerprint density at radius 1 is 1.32 bits per heavy atom. The number of aryl methyl sites for hydroxylation is 1. The van der Waals surface area contributed by atoms with Crippen LogP contribution in [0.4, 0.5) is 0 Å². The Hall–Kier alpha value is -2.99. The number of hydrogen-bond acceptors (Lipinski definition) is 4. The number of aromatic nitrogens is 2. The van der Waals surface area contributed by atoms with Crippen LogP contribution in [-0.2, 0) is 11.3 Å². The Balaban J connectivity index is 1.65. The summed E-state index contributed by atoms with van der Waals surface area (Å²) in [7, 11) is 0. The number of nitrogens with zero attached hydrogens (tertiary/aromatic N) is 2. The zero-order chi connectivity index (χ0) is 19.5. The quantitative estimate of drug-likeness (QED) is 0.742. The Kier molecular flexibility index (Phi) is 5.21. The van der Waals surface area contributed by atoms with Gasteiger partial charge in [0.1, 0.15) is 0 Å². The van der Waals surface area contributed by atoms with Crippen LogP contribution in [0, 0.1) is 6.92 Å². The number of H-pyrrole nitrogens is 1. The van der Waals surface area contributed by atoms with Gasteiger partial charge in [-0.15, -0.1) is 0 Å². The number of nitrogens with one attached hydrogen (secondary N) is 1. The maximum atomic E-state index is 13.1. The van der Waals surface area contributed by atoms with E-state index in [9.17, 15) is 9.59 Å². The molecule has 1 amide bonds. The summed E-state index contributed by atoms with van der Waals surface area (Å²) in [5, 5.41) is 0.950. The van der Waals surface area contributed by atoms with Crippen molar-refractivity contribution in [3.8, 4) is 0 Å². The number of amides is 1. The van der Waals surface area contributed by atoms with E-state index in [2.05, 4.69) is 9.97 Å². The molecule has 4 rings (SSSR count). The summed E-state index contributed by atoms with van der Waals surface area (Å²) in [6, 6.07) is 11.3. The Morgan fingerprint density at radius 2 is 2.21 bits per heavy atom. The third-order valence-corrected chi connectivity index (χ3v) is 5.08. The fourth-order valence-corrected chi connectivity index (χ4v) is 3.61. The maximum Gasteiger partial charge on any atom is 0.255 e. The van der Waals surface area contributed by atoms with Crippen molar-refractivity contribution >= 4 is 16.8 Å². The van der Waals surface area contributed by atoms with Crippen molar-refractivity contribution in [1.29, 1.82) is 0 Å². The molecule has 2 aromatic heterocycles. The highest BCUT2D eigenvalue weighted by Gasteiger charge is 2.24. The van der Waals surface area contributed by atoms with Gasteiger partial charge in [-0.3, -0.25) is 14.6 Å². The maximum absolute atomic E-state index is 13.1. The van der Waals surface area contributed by atoms with Crippen LogP contribution in [0.2, 0.25) is 0 Å². The lowest BCUT2D eigenvalue weighted by molar-refractivity contribution is 0.0506. The molecule has 0 saturated carbocycles. The molecule has 1 saturated heterocycles. The molecule has 0 spiro atoms. The second-order valence-corrected chi connectivity index (χ2v) is 7.28. The van der Waals surface area contributed by atoms with Crippen LogP contribution in [0.5, 0.6) is 0 Å². The summed E-state index contributed by atoms with van der Waals surface area (Å²) in [4.78, 5) is 34.4. The lowest BCUT2D eigenvalue weighted by atomic mass is 10.1. The molecule has 0 aliphatic carbocycles. The van der Waals surface area contributed by atoms with E-state index in [1.807, 2.05) is 31.2 Å². The molecule has 0 bridgehead atoms. The second kappa shape index (κ2) is 7.94. The van der Waals surface area contributed by atoms with Gasteiger partial charge in [-0.05, 0) is 55.0 Å². The number of carbonyl (C=O) groups is 1. The van der Waals surface area contributed by atoms with Crippen molar-refractivity contribution in [2.75, 3.05) is 13.2 Å². The first-order valence-corrected chi connectivity index (χ1v) is 9.53. The molecule has 0 radical (unpaired) electrons. The van der Waals surface area contributed by atoms with Gasteiger partial charge in [-0.2, -0.15) is 0 Å². The summed E-state index contributed by atoms with van der Waals surface area (Å²) in [6.07, 6.45) is 5.11. The van der Waals surface area contributed by atoms with Gasteiger partial charge in [0.2, 0.25) is 0 Å². The van der Waals surface area contributed by atoms with Gasteiger partial charge in [0.15, 0.2) is 0 Å². The van der Waals surface area contributed by atoms with Crippen molar-refractivity contribution in [1.82, 2.24) is 14.9 Å². The van der Waals surface area contributed by atoms with E-state index in [0.29, 0.717) is 17.7 Å². The molecule has 3 heterocycles. The molecule has 1 fully saturated rings. The molecule has 3 aromatic rings. The number of pyridine rings is 2. The normalized spacial score (nSPS) is 16.4. The predicted molar refractivity (Wildman–Crippen MR) is 107 cm³/mol. The number of aromatic amines is 1. The smallest absolute Gasteiger partial charge is 0.255 e. The molecule has 1 N–H and O–H groups in total. The highest BCUT2D eigenvalue weighted by atomic mass is 16.5. The Morgan fingerprint density at radius 3 is 2.96 bits per heavy atom. The standard InChI is InChI=1S/C22H23N3O3/c1-15-6-7-16-11-18(21(26)24-20(16)10-15)13-25(14-19-5-3-9-28-19)22(27)17-4-2-8-23-12-17/h2,4,6-8,10-12,19H,3,5,9,13-14H2,1H3,(H,24,26)/t19-/m1/s1. The number of fused-ring (bicyclic) bond motifs is 1. The largest absolute Gasteiger partial charge is 0.376 e. The minimum absolute atomic E-state index is 0.00260. The minimum Gasteiger partial charge on any atom is -0.376 e. The average Bonchev–Trinajstić information content (AvgIpc) is 3.21. The van der Waals surface area contributed by atoms with Crippen molar-refractivity contribution in [2.24, 2.45) is 0 Å². The molecule has 1 aliphatic heterocycles. The summed E-state index contributed by atoms with van der Waals surface area (Å²) < 4.78 is 5.73. The van der Waals surface area contributed by atoms with Gasteiger partial charge in [0, 0.05) is 36.6 Å². The van der Waals surface area contributed by atoms with Crippen LogP contribution in [-0.4, -0.2) is 40.0 Å². The number of ether oxygens (including phenoxy) is 1. The van der Waals surface area contributed by atoms with Crippen molar-refractivity contribution < 1.29 is 9.53 Å². The van der Waals surface area contributed by atoms with Gasteiger partial charge in [0.25, 0.3) is 11.5 Å². The molecule has 0 unspecified atom stereocenters. The fourth-order valence-electron chi connectivity index (χ4n) is 3.61. The van der Waals surface area contributed by atoms with E-state index in [-0.39, 0.29) is 24.1 Å². The fraction of sp³-hybridized carbons (Fsp3) is 0.318. The molecule has 1 atom stereocenters. The van der Waals surface area contributed by atoms with Crippen molar-refractivity contribution in [2.45, 2.75) is 32.4 Å². The molecule has 1 aromatic carbocycles. The molecule has 28 heavy (non-hydrogen) atoms. The van der Waals surface area contributed by atoms with Gasteiger partial charge in [-0.1, -0.05) is 12.1 Å². The number of rotatable bonds is 5. The molecule has 6 nitrogen and oxygen atoms in total. The highest BCUT2D eigenvalue weighted by molar-refractivity contribution is 5.94. The van der Waals surface area contributed by atoms with Crippen LogP contribution in [0.25, 0.3) is 10.9 Å². The topological polar surface area (TPSA) is 75.3 Å². The summed E-state index contributed by atoms with van der Waals surface area (Å²) in [6.45, 7) is 3.39. The van der Waals surface area contributed by atoms with Crippen LogP contribution in [0.15, 0.2) is 53.6 Å².